The van der Waals surface area contributed by atoms with E-state index in [2.05, 4.69) is 27.7 Å². The fourth-order valence-electron chi connectivity index (χ4n) is 4.44. The van der Waals surface area contributed by atoms with E-state index in [-0.39, 0.29) is 30.4 Å². The minimum Gasteiger partial charge on any atom is -0.490 e. The predicted molar refractivity (Wildman–Crippen MR) is 121 cm³/mol. The van der Waals surface area contributed by atoms with Crippen molar-refractivity contribution in [1.29, 1.82) is 0 Å². The summed E-state index contributed by atoms with van der Waals surface area (Å²) >= 11 is 0. The van der Waals surface area contributed by atoms with Gasteiger partial charge in [0.15, 0.2) is 11.5 Å². The van der Waals surface area contributed by atoms with Gasteiger partial charge in [0, 0.05) is 18.5 Å². The maximum atomic E-state index is 12.9. The van der Waals surface area contributed by atoms with Crippen molar-refractivity contribution in [2.24, 2.45) is 0 Å². The second-order valence-corrected chi connectivity index (χ2v) is 8.73. The second-order valence-electron chi connectivity index (χ2n) is 8.73. The summed E-state index contributed by atoms with van der Waals surface area (Å²) in [6.45, 7) is 2.46. The number of carbonyl (C=O) groups excluding carboxylic acids is 2. The van der Waals surface area contributed by atoms with Crippen LogP contribution in [0.5, 0.6) is 11.5 Å². The van der Waals surface area contributed by atoms with Gasteiger partial charge in [-0.3, -0.25) is 14.5 Å². The molecule has 0 bridgehead atoms. The molecule has 0 radical (unpaired) electrons. The molecule has 0 aromatic heterocycles. The van der Waals surface area contributed by atoms with Gasteiger partial charge < -0.3 is 20.1 Å². The maximum Gasteiger partial charge on any atom is 0.253 e. The average Bonchev–Trinajstić information content (AvgIpc) is 3.54. The lowest BCUT2D eigenvalue weighted by Gasteiger charge is -2.25. The number of likely N-dealkylation sites (tertiary alicyclic amines) is 1. The number of para-hydroxylation sites is 1. The first-order valence-corrected chi connectivity index (χ1v) is 11.5. The Hall–Kier alpha value is -3.06. The molecule has 2 heterocycles. The van der Waals surface area contributed by atoms with Crippen molar-refractivity contribution >= 4 is 17.5 Å². The smallest absolute Gasteiger partial charge is 0.253 e. The quantitative estimate of drug-likeness (QED) is 0.726. The monoisotopic (exact) mass is 435 g/mol. The van der Waals surface area contributed by atoms with Crippen LogP contribution in [0, 0.1) is 0 Å². The van der Waals surface area contributed by atoms with Gasteiger partial charge in [-0.05, 0) is 62.1 Å². The van der Waals surface area contributed by atoms with E-state index in [0.29, 0.717) is 24.5 Å². The van der Waals surface area contributed by atoms with E-state index < -0.39 is 0 Å². The van der Waals surface area contributed by atoms with Crippen LogP contribution in [0.1, 0.15) is 54.1 Å². The van der Waals surface area contributed by atoms with Gasteiger partial charge in [0.2, 0.25) is 5.91 Å². The van der Waals surface area contributed by atoms with Crippen LogP contribution >= 0.6 is 0 Å². The highest BCUT2D eigenvalue weighted by Crippen LogP contribution is 2.37. The molecule has 2 fully saturated rings. The molecule has 2 amide bonds. The zero-order valence-corrected chi connectivity index (χ0v) is 18.1. The zero-order valence-electron chi connectivity index (χ0n) is 18.1. The van der Waals surface area contributed by atoms with Crippen LogP contribution in [0.3, 0.4) is 0 Å². The molecule has 32 heavy (non-hydrogen) atoms. The van der Waals surface area contributed by atoms with Crippen LogP contribution in [0.15, 0.2) is 42.5 Å². The zero-order chi connectivity index (χ0) is 21.9. The predicted octanol–water partition coefficient (Wildman–Crippen LogP) is 3.52. The Kier molecular flexibility index (Phi) is 5.99. The summed E-state index contributed by atoms with van der Waals surface area (Å²) in [5.74, 6) is 1.33. The van der Waals surface area contributed by atoms with Gasteiger partial charge in [0.25, 0.3) is 5.91 Å². The first kappa shape index (κ1) is 20.8. The molecule has 1 saturated carbocycles. The molecule has 1 atom stereocenters. The molecule has 2 aromatic carbocycles. The molecule has 1 aliphatic carbocycles. The molecule has 0 unspecified atom stereocenters. The van der Waals surface area contributed by atoms with Crippen LogP contribution in [0.2, 0.25) is 0 Å². The number of anilines is 1. The van der Waals surface area contributed by atoms with Crippen molar-refractivity contribution in [2.45, 2.75) is 44.2 Å². The largest absolute Gasteiger partial charge is 0.490 e. The Labute approximate surface area is 188 Å². The Morgan fingerprint density at radius 2 is 1.78 bits per heavy atom. The van der Waals surface area contributed by atoms with Crippen molar-refractivity contribution in [3.05, 3.63) is 53.6 Å². The van der Waals surface area contributed by atoms with Crippen LogP contribution < -0.4 is 20.1 Å². The van der Waals surface area contributed by atoms with Crippen molar-refractivity contribution in [3.8, 4) is 11.5 Å². The van der Waals surface area contributed by atoms with E-state index in [0.717, 1.165) is 55.7 Å². The van der Waals surface area contributed by atoms with Gasteiger partial charge >= 0.3 is 0 Å². The molecule has 7 nitrogen and oxygen atoms in total. The number of nitrogens with zero attached hydrogens (tertiary/aromatic N) is 1. The summed E-state index contributed by atoms with van der Waals surface area (Å²) in [5.41, 5.74) is 2.21. The van der Waals surface area contributed by atoms with Gasteiger partial charge in [-0.1, -0.05) is 18.2 Å². The van der Waals surface area contributed by atoms with Crippen molar-refractivity contribution in [1.82, 2.24) is 10.2 Å². The highest BCUT2D eigenvalue weighted by molar-refractivity contribution is 6.04. The molecule has 5 rings (SSSR count). The highest BCUT2D eigenvalue weighted by Gasteiger charge is 2.29. The minimum absolute atomic E-state index is 0.113. The summed E-state index contributed by atoms with van der Waals surface area (Å²) in [6.07, 6.45) is 4.95. The first-order chi connectivity index (χ1) is 15.7. The van der Waals surface area contributed by atoms with E-state index in [1.165, 1.54) is 0 Å². The standard InChI is InChI=1S/C25H29N3O4/c29-24(27-20-6-2-1-5-19(20)25(30)26-18-9-10-18)16-28-12-3-7-21(28)17-8-11-22-23(15-17)32-14-4-13-31-22/h1-2,5-6,8,11,15,18,21H,3-4,7,9-10,12-14,16H2,(H,26,30)(H,27,29)/t21-/m0/s1. The lowest BCUT2D eigenvalue weighted by molar-refractivity contribution is -0.117. The SMILES string of the molecule is O=C(CN1CCC[C@H]1c1ccc2c(c1)OCCCO2)Nc1ccccc1C(=O)NC1CC1. The normalized spacial score (nSPS) is 20.4. The number of fused-ring (bicyclic) bond motifs is 1. The molecule has 7 heteroatoms. The van der Waals surface area contributed by atoms with E-state index >= 15 is 0 Å². The lowest BCUT2D eigenvalue weighted by Crippen LogP contribution is -2.33. The number of amides is 2. The Balaban J connectivity index is 1.26. The van der Waals surface area contributed by atoms with E-state index in [1.807, 2.05) is 18.2 Å². The summed E-state index contributed by atoms with van der Waals surface area (Å²) in [6, 6.07) is 13.7. The number of hydrogen-bond acceptors (Lipinski definition) is 5. The molecular weight excluding hydrogens is 406 g/mol. The summed E-state index contributed by atoms with van der Waals surface area (Å²) < 4.78 is 11.6. The summed E-state index contributed by atoms with van der Waals surface area (Å²) in [4.78, 5) is 27.6. The molecule has 0 spiro atoms. The van der Waals surface area contributed by atoms with Crippen LogP contribution in [0.25, 0.3) is 0 Å². The number of carbonyl (C=O) groups is 2. The fraction of sp³-hybridized carbons (Fsp3) is 0.440. The molecule has 2 N–H and O–H groups in total. The van der Waals surface area contributed by atoms with Gasteiger partial charge in [0.05, 0.1) is 31.0 Å². The summed E-state index contributed by atoms with van der Waals surface area (Å²) in [7, 11) is 0. The molecular formula is C25H29N3O4. The lowest BCUT2D eigenvalue weighted by atomic mass is 10.0. The average molecular weight is 436 g/mol. The molecule has 3 aliphatic rings. The van der Waals surface area contributed by atoms with Gasteiger partial charge in [-0.2, -0.15) is 0 Å². The number of rotatable bonds is 6. The third-order valence-corrected chi connectivity index (χ3v) is 6.23. The first-order valence-electron chi connectivity index (χ1n) is 11.5. The Morgan fingerprint density at radius 3 is 2.62 bits per heavy atom. The number of hydrogen-bond donors (Lipinski definition) is 2. The molecule has 1 saturated heterocycles. The van der Waals surface area contributed by atoms with Gasteiger partial charge in [-0.15, -0.1) is 0 Å². The third-order valence-electron chi connectivity index (χ3n) is 6.23. The minimum atomic E-state index is -0.130. The third kappa shape index (κ3) is 4.72. The maximum absolute atomic E-state index is 12.9. The van der Waals surface area contributed by atoms with Gasteiger partial charge in [-0.25, -0.2) is 0 Å². The Bertz CT molecular complexity index is 1000. The van der Waals surface area contributed by atoms with Crippen molar-refractivity contribution in [2.75, 3.05) is 31.6 Å². The van der Waals surface area contributed by atoms with Crippen LogP contribution in [-0.2, 0) is 4.79 Å². The number of ether oxygens (including phenoxy) is 2. The van der Waals surface area contributed by atoms with E-state index in [4.69, 9.17) is 9.47 Å². The fourth-order valence-corrected chi connectivity index (χ4v) is 4.44. The van der Waals surface area contributed by atoms with Crippen LogP contribution in [-0.4, -0.2) is 49.1 Å². The van der Waals surface area contributed by atoms with Gasteiger partial charge in [0.1, 0.15) is 0 Å². The number of benzene rings is 2. The molecule has 2 aromatic rings. The van der Waals surface area contributed by atoms with Crippen molar-refractivity contribution < 1.29 is 19.1 Å². The highest BCUT2D eigenvalue weighted by atomic mass is 16.5. The molecule has 2 aliphatic heterocycles. The number of nitrogens with one attached hydrogen (secondary N) is 2. The molecule has 168 valence electrons. The Morgan fingerprint density at radius 1 is 0.969 bits per heavy atom. The summed E-state index contributed by atoms with van der Waals surface area (Å²) in [5, 5.41) is 5.95. The topological polar surface area (TPSA) is 79.9 Å². The van der Waals surface area contributed by atoms with Crippen molar-refractivity contribution in [3.63, 3.8) is 0 Å². The van der Waals surface area contributed by atoms with E-state index in [1.54, 1.807) is 12.1 Å². The second kappa shape index (κ2) is 9.20. The van der Waals surface area contributed by atoms with Crippen LogP contribution in [0.4, 0.5) is 5.69 Å². The van der Waals surface area contributed by atoms with E-state index in [9.17, 15) is 9.59 Å².